The van der Waals surface area contributed by atoms with Crippen LogP contribution >= 0.6 is 0 Å². The molecule has 0 aliphatic carbocycles. The molecule has 0 saturated carbocycles. The maximum atomic E-state index is 12.0. The summed E-state index contributed by atoms with van der Waals surface area (Å²) in [6.45, 7) is 0. The van der Waals surface area contributed by atoms with Crippen LogP contribution in [-0.4, -0.2) is 30.2 Å². The van der Waals surface area contributed by atoms with Gasteiger partial charge in [0.2, 0.25) is 5.78 Å². The van der Waals surface area contributed by atoms with E-state index in [0.717, 1.165) is 0 Å². The Morgan fingerprint density at radius 3 is 1.75 bits per heavy atom. The van der Waals surface area contributed by atoms with Gasteiger partial charge in [-0.2, -0.15) is 26.3 Å². The Kier molecular flexibility index (Phi) is 4.21. The van der Waals surface area contributed by atoms with E-state index in [1.807, 2.05) is 0 Å². The number of Topliss-reactive ketones (excluding diaryl/α,β-unsaturated/α-hetero) is 2. The summed E-state index contributed by atoms with van der Waals surface area (Å²) in [5.41, 5.74) is 0. The van der Waals surface area contributed by atoms with Crippen molar-refractivity contribution in [2.45, 2.75) is 18.8 Å². The van der Waals surface area contributed by atoms with Gasteiger partial charge in [0.15, 0.2) is 6.29 Å². The standard InChI is InChI=1S/C7H4F6O3/c8-6(9,10)1-3(7(11,12)13)5(16)4(15)2-14/h2-3H,1H2. The van der Waals surface area contributed by atoms with Crippen LogP contribution < -0.4 is 0 Å². The fourth-order valence-electron chi connectivity index (χ4n) is 0.818. The van der Waals surface area contributed by atoms with Gasteiger partial charge in [0.1, 0.15) is 5.92 Å². The highest BCUT2D eigenvalue weighted by atomic mass is 19.4. The zero-order chi connectivity index (χ0) is 13.1. The Hall–Kier alpha value is -1.41. The van der Waals surface area contributed by atoms with Crippen molar-refractivity contribution < 1.29 is 40.7 Å². The van der Waals surface area contributed by atoms with Gasteiger partial charge >= 0.3 is 12.4 Å². The van der Waals surface area contributed by atoms with Gasteiger partial charge in [-0.1, -0.05) is 0 Å². The lowest BCUT2D eigenvalue weighted by molar-refractivity contribution is -0.216. The lowest BCUT2D eigenvalue weighted by Gasteiger charge is -2.18. The molecule has 0 aromatic heterocycles. The fourth-order valence-corrected chi connectivity index (χ4v) is 0.818. The number of carbonyl (C=O) groups excluding carboxylic acids is 3. The minimum atomic E-state index is -5.52. The second-order valence-electron chi connectivity index (χ2n) is 2.76. The predicted molar refractivity (Wildman–Crippen MR) is 36.3 cm³/mol. The highest BCUT2D eigenvalue weighted by molar-refractivity contribution is 6.58. The molecule has 9 heteroatoms. The first-order valence-electron chi connectivity index (χ1n) is 3.66. The molecule has 0 N–H and O–H groups in total. The summed E-state index contributed by atoms with van der Waals surface area (Å²) >= 11 is 0. The van der Waals surface area contributed by atoms with E-state index in [-0.39, 0.29) is 0 Å². The highest BCUT2D eigenvalue weighted by Gasteiger charge is 2.52. The summed E-state index contributed by atoms with van der Waals surface area (Å²) in [6.07, 6.45) is -14.1. The summed E-state index contributed by atoms with van der Waals surface area (Å²) in [5, 5.41) is 0. The molecule has 0 aromatic rings. The van der Waals surface area contributed by atoms with E-state index in [4.69, 9.17) is 0 Å². The van der Waals surface area contributed by atoms with E-state index in [1.165, 1.54) is 0 Å². The molecule has 16 heavy (non-hydrogen) atoms. The van der Waals surface area contributed by atoms with Crippen molar-refractivity contribution in [3.8, 4) is 0 Å². The molecule has 0 radical (unpaired) electrons. The number of alkyl halides is 6. The van der Waals surface area contributed by atoms with Crippen LogP contribution in [0.3, 0.4) is 0 Å². The second-order valence-corrected chi connectivity index (χ2v) is 2.76. The van der Waals surface area contributed by atoms with Gasteiger partial charge in [-0.3, -0.25) is 14.4 Å². The monoisotopic (exact) mass is 250 g/mol. The number of hydrogen-bond acceptors (Lipinski definition) is 3. The quantitative estimate of drug-likeness (QED) is 0.328. The van der Waals surface area contributed by atoms with Gasteiger partial charge in [0.25, 0.3) is 5.78 Å². The van der Waals surface area contributed by atoms with Crippen LogP contribution in [0.4, 0.5) is 26.3 Å². The third-order valence-corrected chi connectivity index (χ3v) is 1.50. The average molecular weight is 250 g/mol. The first-order chi connectivity index (χ1) is 6.99. The highest BCUT2D eigenvalue weighted by Crippen LogP contribution is 2.36. The van der Waals surface area contributed by atoms with Crippen LogP contribution in [0.1, 0.15) is 6.42 Å². The lowest BCUT2D eigenvalue weighted by atomic mass is 9.96. The van der Waals surface area contributed by atoms with Crippen molar-refractivity contribution in [1.82, 2.24) is 0 Å². The van der Waals surface area contributed by atoms with Crippen LogP contribution in [0.5, 0.6) is 0 Å². The van der Waals surface area contributed by atoms with Gasteiger partial charge in [0.05, 0.1) is 6.42 Å². The van der Waals surface area contributed by atoms with Gasteiger partial charge in [0, 0.05) is 0 Å². The molecule has 0 saturated heterocycles. The van der Waals surface area contributed by atoms with E-state index in [0.29, 0.717) is 0 Å². The molecule has 0 aliphatic rings. The largest absolute Gasteiger partial charge is 0.399 e. The van der Waals surface area contributed by atoms with Crippen molar-refractivity contribution in [2.75, 3.05) is 0 Å². The van der Waals surface area contributed by atoms with E-state index in [1.54, 1.807) is 0 Å². The fraction of sp³-hybridized carbons (Fsp3) is 0.571. The third kappa shape index (κ3) is 4.41. The lowest BCUT2D eigenvalue weighted by Crippen LogP contribution is -2.38. The number of hydrogen-bond donors (Lipinski definition) is 0. The molecule has 0 aliphatic heterocycles. The van der Waals surface area contributed by atoms with Crippen LogP contribution in [0, 0.1) is 5.92 Å². The molecule has 0 aromatic carbocycles. The number of ketones is 2. The number of aldehydes is 1. The summed E-state index contributed by atoms with van der Waals surface area (Å²) in [6, 6.07) is 0. The Balaban J connectivity index is 5.05. The van der Waals surface area contributed by atoms with Gasteiger partial charge in [-0.15, -0.1) is 0 Å². The number of halogens is 6. The van der Waals surface area contributed by atoms with Gasteiger partial charge in [-0.05, 0) is 0 Å². The Bertz CT molecular complexity index is 302. The minimum Gasteiger partial charge on any atom is -0.294 e. The number of rotatable bonds is 4. The topological polar surface area (TPSA) is 51.2 Å². The normalized spacial score (nSPS) is 14.4. The molecule has 3 nitrogen and oxygen atoms in total. The zero-order valence-corrected chi connectivity index (χ0v) is 7.35. The van der Waals surface area contributed by atoms with E-state index >= 15 is 0 Å². The smallest absolute Gasteiger partial charge is 0.294 e. The molecule has 0 heterocycles. The van der Waals surface area contributed by atoms with E-state index < -0.39 is 42.5 Å². The Morgan fingerprint density at radius 2 is 1.50 bits per heavy atom. The third-order valence-electron chi connectivity index (χ3n) is 1.50. The average Bonchev–Trinajstić information content (AvgIpc) is 2.08. The minimum absolute atomic E-state index is 0.753. The summed E-state index contributed by atoms with van der Waals surface area (Å²) in [4.78, 5) is 30.6. The van der Waals surface area contributed by atoms with Crippen LogP contribution in [0.2, 0.25) is 0 Å². The molecule has 0 bridgehead atoms. The molecular weight excluding hydrogens is 246 g/mol. The maximum absolute atomic E-state index is 12.0. The summed E-state index contributed by atoms with van der Waals surface area (Å²) in [7, 11) is 0. The molecule has 0 fully saturated rings. The molecule has 0 rings (SSSR count). The van der Waals surface area contributed by atoms with Gasteiger partial charge < -0.3 is 0 Å². The van der Waals surface area contributed by atoms with Crippen LogP contribution in [-0.2, 0) is 14.4 Å². The van der Waals surface area contributed by atoms with Crippen LogP contribution in [0.25, 0.3) is 0 Å². The van der Waals surface area contributed by atoms with Crippen molar-refractivity contribution in [3.63, 3.8) is 0 Å². The molecule has 0 spiro atoms. The molecule has 0 amide bonds. The summed E-state index contributed by atoms with van der Waals surface area (Å²) in [5.74, 6) is -8.06. The first kappa shape index (κ1) is 14.6. The zero-order valence-electron chi connectivity index (χ0n) is 7.35. The maximum Gasteiger partial charge on any atom is 0.399 e. The predicted octanol–water partition coefficient (Wildman–Crippen LogP) is 1.45. The molecule has 92 valence electrons. The summed E-state index contributed by atoms with van der Waals surface area (Å²) < 4.78 is 71.2. The van der Waals surface area contributed by atoms with Crippen molar-refractivity contribution in [2.24, 2.45) is 5.92 Å². The Labute approximate surface area is 84.4 Å². The van der Waals surface area contributed by atoms with E-state index in [2.05, 4.69) is 0 Å². The van der Waals surface area contributed by atoms with E-state index in [9.17, 15) is 40.7 Å². The number of carbonyl (C=O) groups is 3. The van der Waals surface area contributed by atoms with Crippen molar-refractivity contribution in [3.05, 3.63) is 0 Å². The van der Waals surface area contributed by atoms with Crippen molar-refractivity contribution >= 4 is 17.9 Å². The molecule has 1 atom stereocenters. The first-order valence-corrected chi connectivity index (χ1v) is 3.66. The molecule has 1 unspecified atom stereocenters. The van der Waals surface area contributed by atoms with Crippen molar-refractivity contribution in [1.29, 1.82) is 0 Å². The Morgan fingerprint density at radius 1 is 1.06 bits per heavy atom. The SMILES string of the molecule is O=CC(=O)C(=O)C(CC(F)(F)F)C(F)(F)F. The van der Waals surface area contributed by atoms with Gasteiger partial charge in [-0.25, -0.2) is 0 Å². The molecular formula is C7H4F6O3. The second kappa shape index (κ2) is 4.62. The van der Waals surface area contributed by atoms with Crippen LogP contribution in [0.15, 0.2) is 0 Å².